The molecule has 2 aromatic rings. The number of amides is 1. The lowest BCUT2D eigenvalue weighted by molar-refractivity contribution is -0.123. The van der Waals surface area contributed by atoms with Crippen LogP contribution in [0.1, 0.15) is 13.8 Å². The molecule has 0 saturated carbocycles. The lowest BCUT2D eigenvalue weighted by Crippen LogP contribution is -2.57. The van der Waals surface area contributed by atoms with Gasteiger partial charge in [0.1, 0.15) is 18.2 Å². The molecule has 2 N–H and O–H groups in total. The Morgan fingerprint density at radius 2 is 2.35 bits per heavy atom. The van der Waals surface area contributed by atoms with Gasteiger partial charge < -0.3 is 15.5 Å². The highest BCUT2D eigenvalue weighted by Gasteiger charge is 2.27. The number of likely N-dealkylation sites (N-methyl/N-ethyl adjacent to an activating group) is 1. The van der Waals surface area contributed by atoms with E-state index in [-0.39, 0.29) is 11.9 Å². The molecule has 23 heavy (non-hydrogen) atoms. The van der Waals surface area contributed by atoms with E-state index in [0.29, 0.717) is 18.7 Å². The van der Waals surface area contributed by atoms with Crippen molar-refractivity contribution < 1.29 is 4.79 Å². The van der Waals surface area contributed by atoms with Gasteiger partial charge in [-0.1, -0.05) is 6.58 Å². The third-order valence-corrected chi connectivity index (χ3v) is 3.83. The van der Waals surface area contributed by atoms with Crippen LogP contribution in [0.4, 0.5) is 5.82 Å². The zero-order chi connectivity index (χ0) is 16.4. The van der Waals surface area contributed by atoms with Crippen LogP contribution in [0.15, 0.2) is 19.1 Å². The van der Waals surface area contributed by atoms with Gasteiger partial charge in [0.15, 0.2) is 5.65 Å². The van der Waals surface area contributed by atoms with Crippen LogP contribution in [-0.2, 0) is 4.79 Å². The lowest BCUT2D eigenvalue weighted by Gasteiger charge is -2.33. The van der Waals surface area contributed by atoms with E-state index in [2.05, 4.69) is 37.2 Å². The number of piperazine rings is 1. The number of nitrogens with one attached hydrogen (secondary N) is 2. The van der Waals surface area contributed by atoms with E-state index in [1.54, 1.807) is 4.68 Å². The molecule has 0 radical (unpaired) electrons. The molecule has 1 aliphatic rings. The van der Waals surface area contributed by atoms with Crippen LogP contribution in [0.2, 0.25) is 0 Å². The highest BCUT2D eigenvalue weighted by atomic mass is 16.2. The molecule has 1 unspecified atom stereocenters. The summed E-state index contributed by atoms with van der Waals surface area (Å²) in [6, 6.07) is -0.245. The Bertz CT molecular complexity index is 739. The van der Waals surface area contributed by atoms with Crippen molar-refractivity contribution in [3.05, 3.63) is 19.1 Å². The predicted molar refractivity (Wildman–Crippen MR) is 89.0 cm³/mol. The Morgan fingerprint density at radius 3 is 3.09 bits per heavy atom. The monoisotopic (exact) mass is 315 g/mol. The molecule has 0 spiro atoms. The average Bonchev–Trinajstić information content (AvgIpc) is 2.99. The summed E-state index contributed by atoms with van der Waals surface area (Å²) in [5.74, 6) is 0.818. The maximum atomic E-state index is 12.1. The maximum Gasteiger partial charge on any atom is 0.238 e. The topological polar surface area (TPSA) is 88.0 Å². The highest BCUT2D eigenvalue weighted by molar-refractivity contribution is 5.88. The fourth-order valence-electron chi connectivity index (χ4n) is 2.69. The average molecular weight is 315 g/mol. The quantitative estimate of drug-likeness (QED) is 0.840. The molecule has 3 rings (SSSR count). The predicted octanol–water partition coefficient (Wildman–Crippen LogP) is 0.231. The summed E-state index contributed by atoms with van der Waals surface area (Å²) in [5, 5.41) is 11.4. The molecule has 0 aromatic carbocycles. The van der Waals surface area contributed by atoms with E-state index in [4.69, 9.17) is 0 Å². The van der Waals surface area contributed by atoms with Crippen molar-refractivity contribution in [2.45, 2.75) is 19.9 Å². The molecular weight excluding hydrogens is 294 g/mol. The van der Waals surface area contributed by atoms with Gasteiger partial charge >= 0.3 is 0 Å². The van der Waals surface area contributed by atoms with Crippen molar-refractivity contribution in [3.8, 4) is 0 Å². The molecule has 1 saturated heterocycles. The van der Waals surface area contributed by atoms with Gasteiger partial charge in [-0.25, -0.2) is 14.6 Å². The third kappa shape index (κ3) is 3.02. The Morgan fingerprint density at radius 1 is 1.52 bits per heavy atom. The fourth-order valence-corrected chi connectivity index (χ4v) is 2.69. The number of aromatic nitrogens is 4. The number of allylic oxidation sites excluding steroid dienone is 1. The summed E-state index contributed by atoms with van der Waals surface area (Å²) in [4.78, 5) is 22.8. The van der Waals surface area contributed by atoms with Gasteiger partial charge in [0.05, 0.1) is 5.39 Å². The molecule has 122 valence electrons. The van der Waals surface area contributed by atoms with Gasteiger partial charge in [-0.3, -0.25) is 4.79 Å². The molecular formula is C15H21N7O. The summed E-state index contributed by atoms with van der Waals surface area (Å²) in [5.41, 5.74) is 1.44. The van der Waals surface area contributed by atoms with E-state index in [1.165, 1.54) is 6.33 Å². The van der Waals surface area contributed by atoms with E-state index in [0.717, 1.165) is 30.0 Å². The second-order valence-electron chi connectivity index (χ2n) is 5.59. The minimum Gasteiger partial charge on any atom is -0.355 e. The Balaban J connectivity index is 1.90. The first-order valence-corrected chi connectivity index (χ1v) is 7.72. The molecule has 1 aliphatic heterocycles. The van der Waals surface area contributed by atoms with Crippen LogP contribution >= 0.6 is 0 Å². The number of hydrogen-bond donors (Lipinski definition) is 2. The Hall–Kier alpha value is -2.48. The first-order chi connectivity index (χ1) is 11.1. The number of carbonyl (C=O) groups is 1. The SMILES string of the molecule is C=C(C)n1cc2c(N3CCNC(C(=O)NCC)C3)ncnc2n1. The first-order valence-electron chi connectivity index (χ1n) is 7.72. The number of fused-ring (bicyclic) bond motifs is 1. The second-order valence-corrected chi connectivity index (χ2v) is 5.59. The summed E-state index contributed by atoms with van der Waals surface area (Å²) >= 11 is 0. The number of anilines is 1. The highest BCUT2D eigenvalue weighted by Crippen LogP contribution is 2.23. The molecule has 1 amide bonds. The van der Waals surface area contributed by atoms with Crippen molar-refractivity contribution in [2.24, 2.45) is 0 Å². The summed E-state index contributed by atoms with van der Waals surface area (Å²) in [7, 11) is 0. The third-order valence-electron chi connectivity index (χ3n) is 3.83. The number of hydrogen-bond acceptors (Lipinski definition) is 6. The first kappa shape index (κ1) is 15.4. The molecule has 3 heterocycles. The van der Waals surface area contributed by atoms with Crippen molar-refractivity contribution >= 4 is 28.5 Å². The van der Waals surface area contributed by atoms with E-state index >= 15 is 0 Å². The largest absolute Gasteiger partial charge is 0.355 e. The van der Waals surface area contributed by atoms with Crippen LogP contribution in [-0.4, -0.2) is 57.9 Å². The minimum absolute atomic E-state index is 0.0140. The van der Waals surface area contributed by atoms with Crippen LogP contribution in [0.25, 0.3) is 16.7 Å². The molecule has 0 aliphatic carbocycles. The standard InChI is InChI=1S/C15H21N7O/c1-4-16-15(23)12-8-21(6-5-17-12)14-11-7-22(10(2)3)20-13(11)18-9-19-14/h7,9,12,17H,2,4-6,8H2,1,3H3,(H,16,23). The van der Waals surface area contributed by atoms with Crippen molar-refractivity contribution in [1.29, 1.82) is 0 Å². The number of carbonyl (C=O) groups excluding carboxylic acids is 1. The number of rotatable bonds is 4. The maximum absolute atomic E-state index is 12.1. The van der Waals surface area contributed by atoms with E-state index in [1.807, 2.05) is 20.0 Å². The molecule has 8 nitrogen and oxygen atoms in total. The molecule has 8 heteroatoms. The zero-order valence-electron chi connectivity index (χ0n) is 13.4. The van der Waals surface area contributed by atoms with Gasteiger partial charge in [0.25, 0.3) is 0 Å². The van der Waals surface area contributed by atoms with E-state index < -0.39 is 0 Å². The van der Waals surface area contributed by atoms with Gasteiger partial charge in [0, 0.05) is 38.1 Å². The molecule has 1 fully saturated rings. The van der Waals surface area contributed by atoms with Gasteiger partial charge in [-0.05, 0) is 13.8 Å². The van der Waals surface area contributed by atoms with Gasteiger partial charge in [-0.2, -0.15) is 0 Å². The Kier molecular flexibility index (Phi) is 4.24. The van der Waals surface area contributed by atoms with Crippen LogP contribution in [0.3, 0.4) is 0 Å². The van der Waals surface area contributed by atoms with Crippen molar-refractivity contribution in [1.82, 2.24) is 30.4 Å². The molecule has 0 bridgehead atoms. The van der Waals surface area contributed by atoms with Crippen LogP contribution in [0.5, 0.6) is 0 Å². The van der Waals surface area contributed by atoms with Gasteiger partial charge in [-0.15, -0.1) is 5.10 Å². The second kappa shape index (κ2) is 6.33. The molecule has 2 aromatic heterocycles. The van der Waals surface area contributed by atoms with Crippen LogP contribution in [0, 0.1) is 0 Å². The lowest BCUT2D eigenvalue weighted by atomic mass is 10.2. The fraction of sp³-hybridized carbons (Fsp3) is 0.467. The summed E-state index contributed by atoms with van der Waals surface area (Å²) in [6.45, 7) is 10.4. The zero-order valence-corrected chi connectivity index (χ0v) is 13.4. The van der Waals surface area contributed by atoms with Gasteiger partial charge in [0.2, 0.25) is 5.91 Å². The minimum atomic E-state index is -0.245. The smallest absolute Gasteiger partial charge is 0.238 e. The van der Waals surface area contributed by atoms with Crippen LogP contribution < -0.4 is 15.5 Å². The molecule has 1 atom stereocenters. The normalized spacial score (nSPS) is 18.2. The van der Waals surface area contributed by atoms with Crippen molar-refractivity contribution in [3.63, 3.8) is 0 Å². The Labute approximate surface area is 134 Å². The number of nitrogens with zero attached hydrogens (tertiary/aromatic N) is 5. The van der Waals surface area contributed by atoms with E-state index in [9.17, 15) is 4.79 Å². The summed E-state index contributed by atoms with van der Waals surface area (Å²) in [6.07, 6.45) is 3.40. The van der Waals surface area contributed by atoms with Crippen molar-refractivity contribution in [2.75, 3.05) is 31.1 Å². The summed E-state index contributed by atoms with van der Waals surface area (Å²) < 4.78 is 1.70.